The number of hydrogen-bond donors (Lipinski definition) is 1. The van der Waals surface area contributed by atoms with E-state index in [0.29, 0.717) is 0 Å². The molecule has 0 unspecified atom stereocenters. The number of nitrogens with one attached hydrogen (secondary N) is 1. The molecule has 0 amide bonds. The fraction of sp³-hybridized carbons (Fsp3) is 0. The first-order valence-corrected chi connectivity index (χ1v) is 4.74. The molecule has 0 spiro atoms. The predicted molar refractivity (Wildman–Crippen MR) is 50.2 cm³/mol. The van der Waals surface area contributed by atoms with Crippen molar-refractivity contribution >= 4 is 33.9 Å². The number of nitrogens with zero attached hydrogens (tertiary/aromatic N) is 3. The molecule has 2 aromatic rings. The Morgan fingerprint density at radius 1 is 1.45 bits per heavy atom. The molecule has 0 radical (unpaired) electrons. The van der Waals surface area contributed by atoms with E-state index in [-0.39, 0.29) is 0 Å². The molecule has 1 N–H and O–H groups in total. The van der Waals surface area contributed by atoms with Gasteiger partial charge in [-0.05, 0) is 28.7 Å². The maximum Gasteiger partial charge on any atom is 0.178 e. The summed E-state index contributed by atoms with van der Waals surface area (Å²) in [5.74, 6) is 0. The maximum absolute atomic E-state index is 3.95. The molecular weight excluding hydrogens is 275 g/mol. The van der Waals surface area contributed by atoms with Crippen molar-refractivity contribution in [2.75, 3.05) is 0 Å². The Morgan fingerprint density at radius 3 is 2.91 bits per heavy atom. The molecule has 0 saturated heterocycles. The second kappa shape index (κ2) is 2.86. The fourth-order valence-corrected chi connectivity index (χ4v) is 1.97. The highest BCUT2D eigenvalue weighted by Crippen LogP contribution is 2.21. The van der Waals surface area contributed by atoms with Gasteiger partial charge in [0, 0.05) is 6.20 Å². The van der Waals surface area contributed by atoms with E-state index >= 15 is 0 Å². The van der Waals surface area contributed by atoms with Gasteiger partial charge in [-0.3, -0.25) is 5.10 Å². The normalized spacial score (nSPS) is 10.3. The minimum absolute atomic E-state index is 0.881. The number of aromatic nitrogens is 4. The summed E-state index contributed by atoms with van der Waals surface area (Å²) < 4.78 is 0.937. The van der Waals surface area contributed by atoms with Crippen LogP contribution in [-0.4, -0.2) is 20.4 Å². The van der Waals surface area contributed by atoms with Crippen LogP contribution in [0.2, 0.25) is 0 Å². The number of aromatic amines is 1. The van der Waals surface area contributed by atoms with Crippen LogP contribution >= 0.6 is 33.9 Å². The van der Waals surface area contributed by atoms with E-state index in [0.717, 1.165) is 13.7 Å². The quantitative estimate of drug-likeness (QED) is 0.805. The van der Waals surface area contributed by atoms with E-state index in [2.05, 4.69) is 43.0 Å². The Balaban J connectivity index is 2.45. The van der Waals surface area contributed by atoms with Gasteiger partial charge in [-0.25, -0.2) is 0 Å². The first-order chi connectivity index (χ1) is 5.36. The molecule has 2 heterocycles. The largest absolute Gasteiger partial charge is 0.275 e. The summed E-state index contributed by atoms with van der Waals surface area (Å²) in [6, 6.07) is 1.87. The molecule has 0 fully saturated rings. The average molecular weight is 278 g/mol. The van der Waals surface area contributed by atoms with Gasteiger partial charge in [0.2, 0.25) is 0 Å². The zero-order chi connectivity index (χ0) is 7.68. The first kappa shape index (κ1) is 7.17. The molecule has 0 saturated carbocycles. The van der Waals surface area contributed by atoms with Gasteiger partial charge in [0.05, 0.1) is 5.69 Å². The predicted octanol–water partition coefficient (Wildman–Crippen LogP) is 1.53. The Morgan fingerprint density at radius 2 is 2.36 bits per heavy atom. The second-order valence-corrected chi connectivity index (χ2v) is 4.56. The van der Waals surface area contributed by atoms with Gasteiger partial charge in [0.25, 0.3) is 0 Å². The lowest BCUT2D eigenvalue weighted by molar-refractivity contribution is 1.05. The monoisotopic (exact) mass is 278 g/mol. The smallest absolute Gasteiger partial charge is 0.178 e. The van der Waals surface area contributed by atoms with Crippen LogP contribution in [-0.2, 0) is 0 Å². The molecule has 11 heavy (non-hydrogen) atoms. The zero-order valence-electron chi connectivity index (χ0n) is 5.28. The van der Waals surface area contributed by atoms with Crippen LogP contribution in [0.5, 0.6) is 0 Å². The molecule has 0 aromatic carbocycles. The number of hydrogen-bond acceptors (Lipinski definition) is 4. The summed E-state index contributed by atoms with van der Waals surface area (Å²) in [6.07, 6.45) is 1.70. The van der Waals surface area contributed by atoms with Crippen molar-refractivity contribution in [1.82, 2.24) is 20.4 Å². The maximum atomic E-state index is 3.95. The highest BCUT2D eigenvalue weighted by Gasteiger charge is 2.04. The van der Waals surface area contributed by atoms with Gasteiger partial charge >= 0.3 is 0 Å². The van der Waals surface area contributed by atoms with Crippen LogP contribution in [0.15, 0.2) is 12.3 Å². The number of halogens is 1. The van der Waals surface area contributed by atoms with Crippen LogP contribution in [0.1, 0.15) is 0 Å². The molecule has 2 rings (SSSR count). The van der Waals surface area contributed by atoms with Crippen LogP contribution in [0.4, 0.5) is 0 Å². The summed E-state index contributed by atoms with van der Waals surface area (Å²) in [5, 5.41) is 15.3. The Hall–Kier alpha value is -0.500. The zero-order valence-corrected chi connectivity index (χ0v) is 8.26. The first-order valence-electron chi connectivity index (χ1n) is 2.85. The molecule has 0 aliphatic carbocycles. The van der Waals surface area contributed by atoms with Crippen LogP contribution in [0.3, 0.4) is 0 Å². The minimum atomic E-state index is 0.881. The Kier molecular flexibility index (Phi) is 1.86. The summed E-state index contributed by atoms with van der Waals surface area (Å²) >= 11 is 3.67. The lowest BCUT2D eigenvalue weighted by Crippen LogP contribution is -1.75. The van der Waals surface area contributed by atoms with Gasteiger partial charge in [-0.15, -0.1) is 10.2 Å². The molecule has 0 aliphatic rings. The molecule has 56 valence electrons. The lowest BCUT2D eigenvalue weighted by Gasteiger charge is -1.82. The summed E-state index contributed by atoms with van der Waals surface area (Å²) in [7, 11) is 0. The van der Waals surface area contributed by atoms with E-state index in [1.54, 1.807) is 6.20 Å². The van der Waals surface area contributed by atoms with E-state index in [9.17, 15) is 0 Å². The van der Waals surface area contributed by atoms with Crippen molar-refractivity contribution in [3.05, 3.63) is 15.3 Å². The van der Waals surface area contributed by atoms with Crippen LogP contribution < -0.4 is 0 Å². The van der Waals surface area contributed by atoms with E-state index in [1.165, 1.54) is 11.3 Å². The SMILES string of the molecule is Ic1nnc(-c2ccn[nH]2)s1. The van der Waals surface area contributed by atoms with E-state index < -0.39 is 0 Å². The Bertz CT molecular complexity index is 341. The molecule has 0 atom stereocenters. The summed E-state index contributed by atoms with van der Waals surface area (Å²) in [4.78, 5) is 0. The van der Waals surface area contributed by atoms with Gasteiger partial charge < -0.3 is 0 Å². The van der Waals surface area contributed by atoms with E-state index in [1.807, 2.05) is 6.07 Å². The van der Waals surface area contributed by atoms with Gasteiger partial charge in [0.15, 0.2) is 8.02 Å². The Labute approximate surface area is 80.2 Å². The number of rotatable bonds is 1. The molecular formula is C5H3IN4S. The molecule has 0 aliphatic heterocycles. The highest BCUT2D eigenvalue weighted by molar-refractivity contribution is 14.1. The molecule has 4 nitrogen and oxygen atoms in total. The van der Waals surface area contributed by atoms with Crippen molar-refractivity contribution in [1.29, 1.82) is 0 Å². The third-order valence-electron chi connectivity index (χ3n) is 1.13. The second-order valence-electron chi connectivity index (χ2n) is 1.83. The number of H-pyrrole nitrogens is 1. The lowest BCUT2D eigenvalue weighted by atomic mass is 10.5. The average Bonchev–Trinajstić information content (AvgIpc) is 2.55. The van der Waals surface area contributed by atoms with E-state index in [4.69, 9.17) is 0 Å². The van der Waals surface area contributed by atoms with Crippen LogP contribution in [0.25, 0.3) is 10.7 Å². The minimum Gasteiger partial charge on any atom is -0.275 e. The molecule has 0 bridgehead atoms. The third kappa shape index (κ3) is 1.41. The highest BCUT2D eigenvalue weighted by atomic mass is 127. The fourth-order valence-electron chi connectivity index (χ4n) is 0.689. The standard InChI is InChI=1S/C5H3IN4S/c6-5-10-9-4(11-5)3-1-2-7-8-3/h1-2H,(H,7,8). The van der Waals surface area contributed by atoms with Crippen molar-refractivity contribution in [2.24, 2.45) is 0 Å². The van der Waals surface area contributed by atoms with Crippen molar-refractivity contribution < 1.29 is 0 Å². The van der Waals surface area contributed by atoms with Crippen molar-refractivity contribution in [3.8, 4) is 10.7 Å². The van der Waals surface area contributed by atoms with Gasteiger partial charge in [-0.1, -0.05) is 11.3 Å². The molecule has 6 heteroatoms. The third-order valence-corrected chi connectivity index (χ3v) is 2.75. The van der Waals surface area contributed by atoms with Gasteiger partial charge in [0.1, 0.15) is 0 Å². The topological polar surface area (TPSA) is 54.5 Å². The summed E-state index contributed by atoms with van der Waals surface area (Å²) in [5.41, 5.74) is 0.922. The summed E-state index contributed by atoms with van der Waals surface area (Å²) in [6.45, 7) is 0. The van der Waals surface area contributed by atoms with Crippen LogP contribution in [0, 0.1) is 3.01 Å². The van der Waals surface area contributed by atoms with Crippen molar-refractivity contribution in [2.45, 2.75) is 0 Å². The van der Waals surface area contributed by atoms with Crippen molar-refractivity contribution in [3.63, 3.8) is 0 Å². The molecule has 2 aromatic heterocycles. The van der Waals surface area contributed by atoms with Gasteiger partial charge in [-0.2, -0.15) is 5.10 Å².